The van der Waals surface area contributed by atoms with E-state index in [1.54, 1.807) is 48.5 Å². The second-order valence-electron chi connectivity index (χ2n) is 8.09. The van der Waals surface area contributed by atoms with Crippen LogP contribution in [0.15, 0.2) is 77.7 Å². The smallest absolute Gasteiger partial charge is 0.241 e. The topological polar surface area (TPSA) is 93.1 Å². The Bertz CT molecular complexity index is 1450. The highest BCUT2D eigenvalue weighted by Crippen LogP contribution is 2.33. The zero-order valence-electron chi connectivity index (χ0n) is 17.7. The van der Waals surface area contributed by atoms with Crippen molar-refractivity contribution in [1.29, 1.82) is 0 Å². The van der Waals surface area contributed by atoms with E-state index >= 15 is 0 Å². The SMILES string of the molecule is Cc1ccc(S(=O)(=O)NC(c2ccc(Cl)cc2)C2Cn3c(nc4ccccc43)NC2=O)cc1. The van der Waals surface area contributed by atoms with Crippen molar-refractivity contribution in [2.45, 2.75) is 24.4 Å². The van der Waals surface area contributed by atoms with Crippen LogP contribution in [0.5, 0.6) is 0 Å². The second-order valence-corrected chi connectivity index (χ2v) is 10.2. The van der Waals surface area contributed by atoms with Gasteiger partial charge in [0.05, 0.1) is 27.9 Å². The van der Waals surface area contributed by atoms with Gasteiger partial charge in [-0.15, -0.1) is 0 Å². The summed E-state index contributed by atoms with van der Waals surface area (Å²) in [5.41, 5.74) is 3.22. The second kappa shape index (κ2) is 8.30. The van der Waals surface area contributed by atoms with Crippen LogP contribution in [0.3, 0.4) is 0 Å². The minimum atomic E-state index is -3.90. The summed E-state index contributed by atoms with van der Waals surface area (Å²) in [6.07, 6.45) is 0. The third kappa shape index (κ3) is 4.13. The van der Waals surface area contributed by atoms with Crippen molar-refractivity contribution >= 4 is 44.5 Å². The number of fused-ring (bicyclic) bond motifs is 3. The van der Waals surface area contributed by atoms with Gasteiger partial charge in [0.2, 0.25) is 21.9 Å². The Morgan fingerprint density at radius 2 is 1.76 bits per heavy atom. The average Bonchev–Trinajstić information content (AvgIpc) is 3.15. The molecule has 5 rings (SSSR count). The van der Waals surface area contributed by atoms with Gasteiger partial charge in [-0.1, -0.05) is 53.6 Å². The first kappa shape index (κ1) is 21.6. The van der Waals surface area contributed by atoms with Gasteiger partial charge in [-0.3, -0.25) is 10.1 Å². The molecule has 9 heteroatoms. The standard InChI is InChI=1S/C24H21ClN4O3S/c1-15-6-12-18(13-7-15)33(31,32)28-22(16-8-10-17(25)11-9-16)19-14-29-21-5-3-2-4-20(21)26-24(29)27-23(19)30/h2-13,19,22,28H,14H2,1H3,(H,26,27,30). The van der Waals surface area contributed by atoms with Crippen molar-refractivity contribution in [2.24, 2.45) is 5.92 Å². The number of nitrogens with one attached hydrogen (secondary N) is 2. The van der Waals surface area contributed by atoms with E-state index in [-0.39, 0.29) is 17.3 Å². The number of anilines is 1. The number of nitrogens with zero attached hydrogens (tertiary/aromatic N) is 2. The highest BCUT2D eigenvalue weighted by molar-refractivity contribution is 7.89. The number of aromatic nitrogens is 2. The Kier molecular flexibility index (Phi) is 5.44. The summed E-state index contributed by atoms with van der Waals surface area (Å²) < 4.78 is 31.2. The van der Waals surface area contributed by atoms with Crippen LogP contribution in [0.25, 0.3) is 11.0 Å². The molecule has 0 aliphatic carbocycles. The van der Waals surface area contributed by atoms with Crippen molar-refractivity contribution in [1.82, 2.24) is 14.3 Å². The third-order valence-electron chi connectivity index (χ3n) is 5.85. The lowest BCUT2D eigenvalue weighted by atomic mass is 9.92. The summed E-state index contributed by atoms with van der Waals surface area (Å²) in [6, 6.07) is 20.2. The van der Waals surface area contributed by atoms with Crippen molar-refractivity contribution in [3.05, 3.63) is 88.9 Å². The van der Waals surface area contributed by atoms with E-state index in [2.05, 4.69) is 15.0 Å². The van der Waals surface area contributed by atoms with Gasteiger partial charge in [-0.05, 0) is 48.9 Å². The summed E-state index contributed by atoms with van der Waals surface area (Å²) in [7, 11) is -3.90. The van der Waals surface area contributed by atoms with Gasteiger partial charge in [0.1, 0.15) is 0 Å². The highest BCUT2D eigenvalue weighted by Gasteiger charge is 2.37. The maximum atomic E-state index is 13.3. The predicted octanol–water partition coefficient (Wildman–Crippen LogP) is 4.29. The Balaban J connectivity index is 1.56. The number of hydrogen-bond acceptors (Lipinski definition) is 4. The Morgan fingerprint density at radius 3 is 2.48 bits per heavy atom. The van der Waals surface area contributed by atoms with Crippen LogP contribution in [0.2, 0.25) is 5.02 Å². The minimum absolute atomic E-state index is 0.136. The molecule has 2 atom stereocenters. The molecule has 0 saturated carbocycles. The van der Waals surface area contributed by atoms with E-state index in [0.717, 1.165) is 16.6 Å². The lowest BCUT2D eigenvalue weighted by Gasteiger charge is -2.31. The largest absolute Gasteiger partial charge is 0.309 e. The van der Waals surface area contributed by atoms with Crippen LogP contribution in [0.4, 0.5) is 5.95 Å². The molecule has 1 amide bonds. The Hall–Kier alpha value is -3.20. The molecule has 2 unspecified atom stereocenters. The van der Waals surface area contributed by atoms with Gasteiger partial charge in [0, 0.05) is 11.6 Å². The average molecular weight is 481 g/mol. The molecule has 0 spiro atoms. The Morgan fingerprint density at radius 1 is 1.06 bits per heavy atom. The van der Waals surface area contributed by atoms with E-state index in [0.29, 0.717) is 16.5 Å². The summed E-state index contributed by atoms with van der Waals surface area (Å²) in [5.74, 6) is -0.561. The van der Waals surface area contributed by atoms with Crippen LogP contribution in [-0.4, -0.2) is 23.9 Å². The van der Waals surface area contributed by atoms with Crippen molar-refractivity contribution in [3.8, 4) is 0 Å². The van der Waals surface area contributed by atoms with Crippen LogP contribution < -0.4 is 10.0 Å². The highest BCUT2D eigenvalue weighted by atomic mass is 35.5. The number of amides is 1. The van der Waals surface area contributed by atoms with Crippen molar-refractivity contribution in [3.63, 3.8) is 0 Å². The lowest BCUT2D eigenvalue weighted by molar-refractivity contribution is -0.121. The number of halogens is 1. The van der Waals surface area contributed by atoms with Gasteiger partial charge in [-0.25, -0.2) is 18.1 Å². The zero-order chi connectivity index (χ0) is 23.2. The van der Waals surface area contributed by atoms with E-state index < -0.39 is 22.0 Å². The van der Waals surface area contributed by atoms with Gasteiger partial charge < -0.3 is 4.57 Å². The maximum absolute atomic E-state index is 13.3. The number of carbonyl (C=O) groups is 1. The number of carbonyl (C=O) groups excluding carboxylic acids is 1. The van der Waals surface area contributed by atoms with Gasteiger partial charge in [0.15, 0.2) is 0 Å². The molecule has 7 nitrogen and oxygen atoms in total. The fourth-order valence-corrected chi connectivity index (χ4v) is 5.49. The van der Waals surface area contributed by atoms with E-state index in [4.69, 9.17) is 11.6 Å². The van der Waals surface area contributed by atoms with Gasteiger partial charge in [0.25, 0.3) is 0 Å². The molecule has 1 aromatic heterocycles. The zero-order valence-corrected chi connectivity index (χ0v) is 19.3. The number of para-hydroxylation sites is 2. The quantitative estimate of drug-likeness (QED) is 0.445. The fourth-order valence-electron chi connectivity index (χ4n) is 4.10. The third-order valence-corrected chi connectivity index (χ3v) is 7.56. The summed E-state index contributed by atoms with van der Waals surface area (Å²) >= 11 is 6.06. The molecule has 0 bridgehead atoms. The van der Waals surface area contributed by atoms with Crippen LogP contribution in [0.1, 0.15) is 17.2 Å². The molecular formula is C24H21ClN4O3S. The van der Waals surface area contributed by atoms with Crippen molar-refractivity contribution < 1.29 is 13.2 Å². The first-order valence-corrected chi connectivity index (χ1v) is 12.3. The Labute approximate surface area is 196 Å². The number of hydrogen-bond donors (Lipinski definition) is 2. The molecular weight excluding hydrogens is 460 g/mol. The summed E-state index contributed by atoms with van der Waals surface area (Å²) in [6.45, 7) is 2.16. The normalized spacial score (nSPS) is 16.9. The van der Waals surface area contributed by atoms with Crippen molar-refractivity contribution in [2.75, 3.05) is 5.32 Å². The van der Waals surface area contributed by atoms with E-state index in [9.17, 15) is 13.2 Å². The van der Waals surface area contributed by atoms with Crippen LogP contribution >= 0.6 is 11.6 Å². The van der Waals surface area contributed by atoms with Gasteiger partial charge in [-0.2, -0.15) is 0 Å². The summed E-state index contributed by atoms with van der Waals surface area (Å²) in [4.78, 5) is 17.8. The first-order valence-electron chi connectivity index (χ1n) is 10.4. The van der Waals surface area contributed by atoms with E-state index in [1.807, 2.05) is 35.8 Å². The molecule has 0 radical (unpaired) electrons. The number of aryl methyl sites for hydroxylation is 1. The van der Waals surface area contributed by atoms with Gasteiger partial charge >= 0.3 is 0 Å². The summed E-state index contributed by atoms with van der Waals surface area (Å²) in [5, 5.41) is 3.37. The fraction of sp³-hybridized carbons (Fsp3) is 0.167. The number of benzene rings is 3. The molecule has 1 aliphatic rings. The first-order chi connectivity index (χ1) is 15.8. The van der Waals surface area contributed by atoms with Crippen LogP contribution in [-0.2, 0) is 21.4 Å². The molecule has 4 aromatic rings. The molecule has 2 heterocycles. The monoisotopic (exact) mass is 480 g/mol. The maximum Gasteiger partial charge on any atom is 0.241 e. The molecule has 0 fully saturated rings. The number of imidazole rings is 1. The molecule has 33 heavy (non-hydrogen) atoms. The number of rotatable bonds is 5. The number of sulfonamides is 1. The van der Waals surface area contributed by atoms with Crippen LogP contribution in [0, 0.1) is 12.8 Å². The molecule has 3 aromatic carbocycles. The lowest BCUT2D eigenvalue weighted by Crippen LogP contribution is -2.43. The molecule has 2 N–H and O–H groups in total. The molecule has 0 saturated heterocycles. The minimum Gasteiger partial charge on any atom is -0.309 e. The predicted molar refractivity (Wildman–Crippen MR) is 128 cm³/mol. The molecule has 1 aliphatic heterocycles. The molecule has 168 valence electrons. The van der Waals surface area contributed by atoms with E-state index in [1.165, 1.54) is 0 Å².